The van der Waals surface area contributed by atoms with Crippen molar-refractivity contribution in [3.05, 3.63) is 72.3 Å². The number of oxime groups is 1. The smallest absolute Gasteiger partial charge is 0.332 e. The maximum absolute atomic E-state index is 13.1. The van der Waals surface area contributed by atoms with Crippen molar-refractivity contribution in [1.82, 2.24) is 4.57 Å². The number of aromatic nitrogens is 1. The van der Waals surface area contributed by atoms with E-state index in [0.717, 1.165) is 32.4 Å². The van der Waals surface area contributed by atoms with E-state index in [2.05, 4.69) is 14.6 Å². The second-order valence-corrected chi connectivity index (χ2v) is 9.07. The maximum Gasteiger partial charge on any atom is 0.332 e. The molecule has 0 aliphatic heterocycles. The van der Waals surface area contributed by atoms with Gasteiger partial charge in [0, 0.05) is 50.9 Å². The van der Waals surface area contributed by atoms with Crippen molar-refractivity contribution in [2.45, 2.75) is 25.2 Å². The molecule has 1 unspecified atom stereocenters. The predicted octanol–water partition coefficient (Wildman–Crippen LogP) is 5.01. The van der Waals surface area contributed by atoms with Crippen LogP contribution in [0.15, 0.2) is 76.8 Å². The SMILES string of the molecule is CCCOC(=NOC(C)=O)C(=O)c1ccc2c(c1)c1ccccc1n2-c1ccc(S(C)=O)cc1. The molecule has 0 spiro atoms. The number of hydrogen-bond acceptors (Lipinski definition) is 6. The summed E-state index contributed by atoms with van der Waals surface area (Å²) in [6, 6.07) is 20.9. The minimum atomic E-state index is -1.06. The van der Waals surface area contributed by atoms with E-state index >= 15 is 0 Å². The molecule has 0 radical (unpaired) electrons. The maximum atomic E-state index is 13.1. The number of ketones is 1. The van der Waals surface area contributed by atoms with Gasteiger partial charge in [-0.05, 0) is 60.1 Å². The number of ether oxygens (including phenoxy) is 1. The van der Waals surface area contributed by atoms with Crippen LogP contribution in [-0.4, -0.2) is 39.3 Å². The van der Waals surface area contributed by atoms with E-state index in [1.54, 1.807) is 18.4 Å². The molecule has 1 atom stereocenters. The first kappa shape index (κ1) is 23.4. The van der Waals surface area contributed by atoms with Gasteiger partial charge in [-0.15, -0.1) is 0 Å². The summed E-state index contributed by atoms with van der Waals surface area (Å²) in [6.07, 6.45) is 2.32. The van der Waals surface area contributed by atoms with Crippen LogP contribution in [0.5, 0.6) is 0 Å². The zero-order chi connectivity index (χ0) is 24.2. The molecule has 1 aromatic heterocycles. The van der Waals surface area contributed by atoms with E-state index in [9.17, 15) is 13.8 Å². The lowest BCUT2D eigenvalue weighted by atomic mass is 10.1. The molecule has 0 aliphatic carbocycles. The molecule has 0 saturated carbocycles. The number of Topliss-reactive ketones (excluding diaryl/α,β-unsaturated/α-hetero) is 1. The summed E-state index contributed by atoms with van der Waals surface area (Å²) in [6.45, 7) is 3.38. The number of carbonyl (C=O) groups is 2. The van der Waals surface area contributed by atoms with Crippen LogP contribution < -0.4 is 0 Å². The van der Waals surface area contributed by atoms with Crippen LogP contribution in [0.1, 0.15) is 30.6 Å². The average Bonchev–Trinajstić information content (AvgIpc) is 3.17. The highest BCUT2D eigenvalue weighted by atomic mass is 32.2. The Labute approximate surface area is 199 Å². The monoisotopic (exact) mass is 476 g/mol. The third-order valence-electron chi connectivity index (χ3n) is 5.26. The van der Waals surface area contributed by atoms with Crippen molar-refractivity contribution in [2.75, 3.05) is 12.9 Å². The van der Waals surface area contributed by atoms with Gasteiger partial charge in [-0.2, -0.15) is 0 Å². The van der Waals surface area contributed by atoms with Crippen molar-refractivity contribution in [2.24, 2.45) is 5.16 Å². The fourth-order valence-electron chi connectivity index (χ4n) is 3.74. The number of hydrogen-bond donors (Lipinski definition) is 0. The van der Waals surface area contributed by atoms with Gasteiger partial charge in [-0.3, -0.25) is 9.00 Å². The first-order valence-electron chi connectivity index (χ1n) is 10.8. The molecule has 4 rings (SSSR count). The van der Waals surface area contributed by atoms with Crippen LogP contribution in [0.4, 0.5) is 0 Å². The molecule has 0 N–H and O–H groups in total. The molecular formula is C26H24N2O5S. The molecule has 8 heteroatoms. The van der Waals surface area contributed by atoms with Gasteiger partial charge in [-0.25, -0.2) is 4.79 Å². The molecule has 0 saturated heterocycles. The lowest BCUT2D eigenvalue weighted by Gasteiger charge is -2.09. The number of rotatable bonds is 7. The quantitative estimate of drug-likeness (QED) is 0.123. The summed E-state index contributed by atoms with van der Waals surface area (Å²) in [4.78, 5) is 29.7. The molecule has 3 aromatic carbocycles. The van der Waals surface area contributed by atoms with Crippen molar-refractivity contribution in [3.63, 3.8) is 0 Å². The van der Waals surface area contributed by atoms with Gasteiger partial charge >= 0.3 is 5.97 Å². The zero-order valence-corrected chi connectivity index (χ0v) is 19.9. The first-order chi connectivity index (χ1) is 16.4. The fourth-order valence-corrected chi connectivity index (χ4v) is 4.26. The Morgan fingerprint density at radius 2 is 1.68 bits per heavy atom. The molecule has 0 aliphatic rings. The number of benzene rings is 3. The third-order valence-corrected chi connectivity index (χ3v) is 6.19. The molecule has 0 bridgehead atoms. The normalized spacial score (nSPS) is 12.6. The molecule has 7 nitrogen and oxygen atoms in total. The van der Waals surface area contributed by atoms with E-state index < -0.39 is 22.6 Å². The van der Waals surface area contributed by atoms with Crippen LogP contribution in [0.25, 0.3) is 27.5 Å². The van der Waals surface area contributed by atoms with Gasteiger partial charge < -0.3 is 14.1 Å². The summed E-state index contributed by atoms with van der Waals surface area (Å²) >= 11 is 0. The minimum absolute atomic E-state index is 0.261. The zero-order valence-electron chi connectivity index (χ0n) is 19.1. The fraction of sp³-hybridized carbons (Fsp3) is 0.192. The number of nitrogens with zero attached hydrogens (tertiary/aromatic N) is 2. The highest BCUT2D eigenvalue weighted by molar-refractivity contribution is 7.84. The van der Waals surface area contributed by atoms with Gasteiger partial charge in [0.25, 0.3) is 11.7 Å². The second-order valence-electron chi connectivity index (χ2n) is 7.69. The van der Waals surface area contributed by atoms with Gasteiger partial charge in [0.15, 0.2) is 0 Å². The van der Waals surface area contributed by atoms with Crippen LogP contribution >= 0.6 is 0 Å². The third kappa shape index (κ3) is 4.63. The second kappa shape index (κ2) is 10.0. The summed E-state index contributed by atoms with van der Waals surface area (Å²) in [5, 5.41) is 5.48. The minimum Gasteiger partial charge on any atom is -0.473 e. The van der Waals surface area contributed by atoms with Gasteiger partial charge in [0.2, 0.25) is 0 Å². The van der Waals surface area contributed by atoms with Crippen LogP contribution in [-0.2, 0) is 25.2 Å². The lowest BCUT2D eigenvalue weighted by molar-refractivity contribution is -0.141. The Hall–Kier alpha value is -3.78. The summed E-state index contributed by atoms with van der Waals surface area (Å²) in [5.74, 6) is -1.37. The van der Waals surface area contributed by atoms with Gasteiger partial charge in [-0.1, -0.05) is 25.1 Å². The Morgan fingerprint density at radius 3 is 2.35 bits per heavy atom. The van der Waals surface area contributed by atoms with Crippen LogP contribution in [0.3, 0.4) is 0 Å². The summed E-state index contributed by atoms with van der Waals surface area (Å²) in [5.41, 5.74) is 3.18. The first-order valence-corrected chi connectivity index (χ1v) is 12.4. The Kier molecular flexibility index (Phi) is 6.88. The van der Waals surface area contributed by atoms with E-state index in [-0.39, 0.29) is 12.5 Å². The Bertz CT molecular complexity index is 1440. The molecule has 0 amide bonds. The highest BCUT2D eigenvalue weighted by Gasteiger charge is 2.20. The largest absolute Gasteiger partial charge is 0.473 e. The van der Waals surface area contributed by atoms with E-state index in [4.69, 9.17) is 4.74 Å². The van der Waals surface area contributed by atoms with Crippen LogP contribution in [0, 0.1) is 0 Å². The molecule has 0 fully saturated rings. The summed E-state index contributed by atoms with van der Waals surface area (Å²) in [7, 11) is -1.06. The van der Waals surface area contributed by atoms with Crippen LogP contribution in [0.2, 0.25) is 0 Å². The van der Waals surface area contributed by atoms with Crippen molar-refractivity contribution >= 4 is 50.3 Å². The molecular weight excluding hydrogens is 452 g/mol. The van der Waals surface area contributed by atoms with Crippen molar-refractivity contribution < 1.29 is 23.4 Å². The lowest BCUT2D eigenvalue weighted by Crippen LogP contribution is -2.19. The van der Waals surface area contributed by atoms with E-state index in [0.29, 0.717) is 12.0 Å². The van der Waals surface area contributed by atoms with Crippen molar-refractivity contribution in [1.29, 1.82) is 0 Å². The topological polar surface area (TPSA) is 87.0 Å². The number of para-hydroxylation sites is 1. The molecule has 1 heterocycles. The highest BCUT2D eigenvalue weighted by Crippen LogP contribution is 2.33. The summed E-state index contributed by atoms with van der Waals surface area (Å²) < 4.78 is 19.4. The molecule has 34 heavy (non-hydrogen) atoms. The Balaban J connectivity index is 1.84. The van der Waals surface area contributed by atoms with E-state index in [1.165, 1.54) is 6.92 Å². The average molecular weight is 477 g/mol. The van der Waals surface area contributed by atoms with Crippen molar-refractivity contribution in [3.8, 4) is 5.69 Å². The number of fused-ring (bicyclic) bond motifs is 3. The molecule has 4 aromatic rings. The van der Waals surface area contributed by atoms with Gasteiger partial charge in [0.05, 0.1) is 17.6 Å². The molecule has 174 valence electrons. The van der Waals surface area contributed by atoms with E-state index in [1.807, 2.05) is 61.5 Å². The standard InChI is InChI=1S/C26H24N2O5S/c1-4-15-32-26(27-33-17(2)29)25(30)18-9-14-24-22(16-18)21-7-5-6-8-23(21)28(24)19-10-12-20(13-11-19)34(3)31/h5-14,16H,4,15H2,1-3H3. The van der Waals surface area contributed by atoms with Gasteiger partial charge in [0.1, 0.15) is 0 Å². The predicted molar refractivity (Wildman–Crippen MR) is 133 cm³/mol. The number of carbonyl (C=O) groups excluding carboxylic acids is 2. The Morgan fingerprint density at radius 1 is 0.971 bits per heavy atom.